The molecule has 0 fully saturated rings. The first kappa shape index (κ1) is 18.4. The van der Waals surface area contributed by atoms with E-state index in [0.717, 1.165) is 0 Å². The Labute approximate surface area is 152 Å². The fourth-order valence-electron chi connectivity index (χ4n) is 1.68. The van der Waals surface area contributed by atoms with Crippen molar-refractivity contribution < 1.29 is 38.4 Å². The molecule has 6 heteroatoms. The third-order valence-corrected chi connectivity index (χ3v) is 5.72. The van der Waals surface area contributed by atoms with E-state index >= 15 is 0 Å². The van der Waals surface area contributed by atoms with Crippen molar-refractivity contribution in [2.45, 2.75) is 0 Å². The molecule has 3 rings (SSSR count). The zero-order chi connectivity index (χ0) is 17.3. The van der Waals surface area contributed by atoms with Crippen LogP contribution < -0.4 is 25.4 Å². The Hall–Kier alpha value is -1.90. The Kier molecular flexibility index (Phi) is 7.23. The molecule has 0 unspecified atom stereocenters. The number of hydrogen-bond donors (Lipinski definition) is 1. The predicted molar refractivity (Wildman–Crippen MR) is 88.9 cm³/mol. The maximum atomic E-state index is 10.1. The van der Waals surface area contributed by atoms with Crippen LogP contribution >= 0.6 is 0 Å². The van der Waals surface area contributed by atoms with Crippen LogP contribution in [0.2, 0.25) is 0 Å². The Morgan fingerprint density at radius 2 is 1.04 bits per heavy atom. The van der Waals surface area contributed by atoms with Gasteiger partial charge in [-0.1, -0.05) is 18.2 Å². The van der Waals surface area contributed by atoms with Crippen molar-refractivity contribution >= 4 is 10.4 Å². The molecule has 3 aromatic carbocycles. The summed E-state index contributed by atoms with van der Waals surface area (Å²) in [5.74, 6) is 0.0926. The minimum absolute atomic E-state index is 0.0287. The first-order valence-corrected chi connectivity index (χ1v) is 10.5. The average Bonchev–Trinajstić information content (AvgIpc) is 2.57. The van der Waals surface area contributed by atoms with E-state index in [4.69, 9.17) is 4.55 Å². The van der Waals surface area contributed by atoms with Gasteiger partial charge in [-0.3, -0.25) is 4.55 Å². The second kappa shape index (κ2) is 9.41. The Morgan fingerprint density at radius 1 is 0.667 bits per heavy atom. The van der Waals surface area contributed by atoms with Crippen molar-refractivity contribution in [3.8, 4) is 5.75 Å². The molecular weight excluding hydrogens is 439 g/mol. The molecule has 1 N–H and O–H groups in total. The molecule has 24 heavy (non-hydrogen) atoms. The van der Waals surface area contributed by atoms with Crippen LogP contribution in [0.5, 0.6) is 5.75 Å². The zero-order valence-corrected chi connectivity index (χ0v) is 15.6. The van der Waals surface area contributed by atoms with Gasteiger partial charge in [0, 0.05) is 0 Å². The number of benzene rings is 3. The van der Waals surface area contributed by atoms with Gasteiger partial charge in [-0.25, -0.2) is 0 Å². The fourth-order valence-corrected chi connectivity index (χ4v) is 4.30. The molecule has 0 bridgehead atoms. The number of halogens is 1. The van der Waals surface area contributed by atoms with Gasteiger partial charge in [-0.2, -0.15) is 8.42 Å². The molecule has 0 amide bonds. The topological polar surface area (TPSA) is 63.6 Å². The zero-order valence-electron chi connectivity index (χ0n) is 12.6. The molecule has 0 heterocycles. The average molecular weight is 455 g/mol. The Morgan fingerprint density at radius 3 is 1.42 bits per heavy atom. The van der Waals surface area contributed by atoms with E-state index in [1.165, 1.54) is 19.3 Å². The van der Waals surface area contributed by atoms with Gasteiger partial charge in [0.25, 0.3) is 0 Å². The summed E-state index contributed by atoms with van der Waals surface area (Å²) < 4.78 is 35.6. The van der Waals surface area contributed by atoms with Gasteiger partial charge in [-0.15, -0.1) is 0 Å². The van der Waals surface area contributed by atoms with Crippen LogP contribution in [-0.2, 0) is 10.4 Å². The summed E-state index contributed by atoms with van der Waals surface area (Å²) in [6.45, 7) is 0. The van der Waals surface area contributed by atoms with Crippen LogP contribution in [0.25, 0.3) is 0 Å². The molecule has 0 aliphatic rings. The first-order chi connectivity index (χ1) is 11.5. The van der Waals surface area contributed by atoms with Crippen molar-refractivity contribution in [1.82, 2.24) is 0 Å². The summed E-state index contributed by atoms with van der Waals surface area (Å²) in [7, 11) is -4.38. The van der Waals surface area contributed by atoms with Crippen molar-refractivity contribution in [3.63, 3.8) is 0 Å². The molecule has 3 aromatic rings. The maximum absolute atomic E-state index is 10.1. The quantitative estimate of drug-likeness (QED) is 0.465. The second-order valence-electron chi connectivity index (χ2n) is 4.51. The van der Waals surface area contributed by atoms with Gasteiger partial charge < -0.3 is 4.18 Å². The van der Waals surface area contributed by atoms with E-state index in [9.17, 15) is 8.42 Å². The van der Waals surface area contributed by atoms with Crippen molar-refractivity contribution in [2.24, 2.45) is 0 Å². The SMILES string of the molecule is O=S(=O)(O)Oc1ccccc1.c1ccc([I-]c2ccccc2)cc1. The van der Waals surface area contributed by atoms with Crippen LogP contribution in [0.3, 0.4) is 0 Å². The molecule has 126 valence electrons. The van der Waals surface area contributed by atoms with Crippen LogP contribution in [-0.4, -0.2) is 13.0 Å². The molecule has 0 aliphatic carbocycles. The van der Waals surface area contributed by atoms with Crippen molar-refractivity contribution in [3.05, 3.63) is 98.1 Å². The van der Waals surface area contributed by atoms with Gasteiger partial charge in [-0.05, 0) is 12.1 Å². The van der Waals surface area contributed by atoms with E-state index in [-0.39, 0.29) is 27.0 Å². The summed E-state index contributed by atoms with van der Waals surface area (Å²) >= 11 is 0.0287. The number of hydrogen-bond acceptors (Lipinski definition) is 3. The summed E-state index contributed by atoms with van der Waals surface area (Å²) in [4.78, 5) is 0. The van der Waals surface area contributed by atoms with Gasteiger partial charge in [0.05, 0.1) is 0 Å². The molecule has 0 aromatic heterocycles. The summed E-state index contributed by atoms with van der Waals surface area (Å²) in [5.41, 5.74) is 0. The monoisotopic (exact) mass is 455 g/mol. The molecule has 0 radical (unpaired) electrons. The number of rotatable bonds is 4. The molecule has 0 spiro atoms. The van der Waals surface area contributed by atoms with Gasteiger partial charge in [0.15, 0.2) is 0 Å². The minimum atomic E-state index is -4.38. The number of para-hydroxylation sites is 1. The molecule has 0 aliphatic heterocycles. The van der Waals surface area contributed by atoms with E-state index in [1.807, 2.05) is 0 Å². The predicted octanol–water partition coefficient (Wildman–Crippen LogP) is 0.683. The van der Waals surface area contributed by atoms with Gasteiger partial charge in [0.2, 0.25) is 0 Å². The van der Waals surface area contributed by atoms with Gasteiger partial charge in [0.1, 0.15) is 5.75 Å². The van der Waals surface area contributed by atoms with E-state index in [0.29, 0.717) is 0 Å². The van der Waals surface area contributed by atoms with Crippen molar-refractivity contribution in [1.29, 1.82) is 0 Å². The molecule has 0 atom stereocenters. The van der Waals surface area contributed by atoms with Crippen LogP contribution in [0.15, 0.2) is 91.0 Å². The molecular formula is C18H16IO4S-. The Balaban J connectivity index is 0.000000177. The molecule has 0 saturated heterocycles. The van der Waals surface area contributed by atoms with E-state index < -0.39 is 10.4 Å². The van der Waals surface area contributed by atoms with Crippen molar-refractivity contribution in [2.75, 3.05) is 0 Å². The van der Waals surface area contributed by atoms with E-state index in [2.05, 4.69) is 64.8 Å². The van der Waals surface area contributed by atoms with Crippen LogP contribution in [0.4, 0.5) is 0 Å². The fraction of sp³-hybridized carbons (Fsp3) is 0. The first-order valence-electron chi connectivity index (χ1n) is 7.00. The van der Waals surface area contributed by atoms with Gasteiger partial charge >= 0.3 is 99.4 Å². The third-order valence-electron chi connectivity index (χ3n) is 2.63. The summed E-state index contributed by atoms with van der Waals surface area (Å²) in [6, 6.07) is 29.2. The molecule has 4 nitrogen and oxygen atoms in total. The van der Waals surface area contributed by atoms with Crippen LogP contribution in [0, 0.1) is 7.14 Å². The Bertz CT molecular complexity index is 785. The summed E-state index contributed by atoms with van der Waals surface area (Å²) in [6.07, 6.45) is 0. The van der Waals surface area contributed by atoms with E-state index in [1.54, 1.807) is 18.2 Å². The normalized spacial score (nSPS) is 10.5. The second-order valence-corrected chi connectivity index (χ2v) is 8.56. The summed E-state index contributed by atoms with van der Waals surface area (Å²) in [5, 5.41) is 0. The standard InChI is InChI=1S/C12H10I.C6H6O4S/c1-3-7-11(8-4-1)13-12-9-5-2-6-10-12;7-11(8,9)10-6-4-2-1-3-5-6/h1-10H;1-5H,(H,7,8,9)/q-1;. The van der Waals surface area contributed by atoms with Crippen LogP contribution in [0.1, 0.15) is 0 Å². The molecule has 0 saturated carbocycles. The third kappa shape index (κ3) is 7.58.